The highest BCUT2D eigenvalue weighted by molar-refractivity contribution is 7.53. The predicted molar refractivity (Wildman–Crippen MR) is 138 cm³/mol. The molecule has 5 atom stereocenters. The Labute approximate surface area is 225 Å². The van der Waals surface area contributed by atoms with Gasteiger partial charge >= 0.3 is 7.60 Å². The van der Waals surface area contributed by atoms with E-state index in [1.54, 1.807) is 11.9 Å². The van der Waals surface area contributed by atoms with Crippen LogP contribution in [-0.2, 0) is 46.5 Å². The van der Waals surface area contributed by atoms with Gasteiger partial charge in [-0.3, -0.25) is 19.5 Å². The molecule has 0 saturated carbocycles. The maximum Gasteiger partial charge on any atom is 0.355 e. The molecule has 1 rings (SSSR count). The lowest BCUT2D eigenvalue weighted by Crippen LogP contribution is -2.43. The van der Waals surface area contributed by atoms with Crippen LogP contribution in [0.1, 0.15) is 34.1 Å². The Kier molecular flexibility index (Phi) is 15.7. The van der Waals surface area contributed by atoms with Gasteiger partial charge in [0.25, 0.3) is 14.4 Å². The molecule has 5 unspecified atom stereocenters. The van der Waals surface area contributed by atoms with Crippen molar-refractivity contribution < 1.29 is 46.5 Å². The monoisotopic (exact) mass is 582 g/mol. The topological polar surface area (TPSA) is 158 Å². The van der Waals surface area contributed by atoms with Crippen molar-refractivity contribution in [3.63, 3.8) is 0 Å². The maximum atomic E-state index is 12.7. The Morgan fingerprint density at radius 2 is 1.82 bits per heavy atom. The van der Waals surface area contributed by atoms with Crippen LogP contribution < -0.4 is 5.32 Å². The Bertz CT molecular complexity index is 840. The fraction of sp³-hybridized carbons (Fsp3) is 0.773. The third-order valence-electron chi connectivity index (χ3n) is 5.31. The largest absolute Gasteiger partial charge is 0.374 e. The third kappa shape index (κ3) is 10.2. The second kappa shape index (κ2) is 17.3. The first-order valence-electron chi connectivity index (χ1n) is 11.9. The van der Waals surface area contributed by atoms with Gasteiger partial charge in [0.15, 0.2) is 18.9 Å². The van der Waals surface area contributed by atoms with E-state index in [2.05, 4.69) is 6.07 Å². The summed E-state index contributed by atoms with van der Waals surface area (Å²) in [5.41, 5.74) is 0. The van der Waals surface area contributed by atoms with E-state index in [-0.39, 0.29) is 31.5 Å². The normalized spacial score (nSPS) is 22.8. The Balaban J connectivity index is 3.35. The smallest absolute Gasteiger partial charge is 0.355 e. The summed E-state index contributed by atoms with van der Waals surface area (Å²) in [7, 11) is 0.309. The number of rotatable bonds is 18. The summed E-state index contributed by atoms with van der Waals surface area (Å²) in [5.74, 6) is -0.625. The minimum absolute atomic E-state index is 0.0332. The van der Waals surface area contributed by atoms with Crippen molar-refractivity contribution in [1.82, 2.24) is 14.9 Å². The van der Waals surface area contributed by atoms with Gasteiger partial charge in [-0.25, -0.2) is 4.67 Å². The number of carbonyl (C=O) groups is 2. The number of hydrogen-bond acceptors (Lipinski definition) is 13. The van der Waals surface area contributed by atoms with Crippen molar-refractivity contribution in [2.45, 2.75) is 70.9 Å². The molecule has 0 spiro atoms. The van der Waals surface area contributed by atoms with Crippen LogP contribution in [0, 0.1) is 11.3 Å². The van der Waals surface area contributed by atoms with Crippen LogP contribution in [-0.4, -0.2) is 100 Å². The van der Waals surface area contributed by atoms with E-state index in [1.807, 2.05) is 37.7 Å². The van der Waals surface area contributed by atoms with E-state index in [9.17, 15) is 14.2 Å². The van der Waals surface area contributed by atoms with Crippen molar-refractivity contribution in [2.24, 2.45) is 0 Å². The molecule has 14 nitrogen and oxygen atoms in total. The fourth-order valence-corrected chi connectivity index (χ4v) is 5.97. The van der Waals surface area contributed by atoms with E-state index in [0.29, 0.717) is 0 Å². The van der Waals surface area contributed by atoms with E-state index < -0.39 is 53.1 Å². The molecular weight excluding hydrogens is 542 g/mol. The zero-order valence-electron chi connectivity index (χ0n) is 23.1. The van der Waals surface area contributed by atoms with Gasteiger partial charge in [-0.1, -0.05) is 0 Å². The molecule has 0 radical (unpaired) electrons. The molecule has 1 fully saturated rings. The van der Waals surface area contributed by atoms with Gasteiger partial charge in [0.2, 0.25) is 6.41 Å². The molecule has 2 amide bonds. The first-order chi connectivity index (χ1) is 18.0. The van der Waals surface area contributed by atoms with Crippen LogP contribution in [0.4, 0.5) is 0 Å². The Morgan fingerprint density at radius 1 is 1.18 bits per heavy atom. The van der Waals surface area contributed by atoms with Gasteiger partial charge in [-0.2, -0.15) is 5.26 Å². The maximum absolute atomic E-state index is 12.7. The Hall–Kier alpha value is -1.49. The van der Waals surface area contributed by atoms with Gasteiger partial charge in [0, 0.05) is 52.7 Å². The third-order valence-corrected chi connectivity index (χ3v) is 9.02. The van der Waals surface area contributed by atoms with E-state index in [1.165, 1.54) is 27.5 Å². The fourth-order valence-electron chi connectivity index (χ4n) is 3.55. The number of nitriles is 1. The molecule has 0 aromatic heterocycles. The standard InChI is InChI=1S/C22H40N4O10P2/c1-16(2)26(17(3)4)37(34-13-9-11-23)36-20-19(30-6)21(25(5)12-10-18(28)24-14-27)35-22(20)33-15-38(29,31-7)32-8/h10,12,14,16-17,19-22H,9,13,15H2,1-8H3,(H,24,27,28)/b12-10-. The molecule has 0 aromatic rings. The number of likely N-dealkylation sites (N-methyl/N-ethyl adjacent to an activating group) is 1. The summed E-state index contributed by atoms with van der Waals surface area (Å²) in [6.07, 6.45) is -1.00. The molecule has 1 aliphatic rings. The molecule has 0 aliphatic carbocycles. The molecule has 38 heavy (non-hydrogen) atoms. The highest BCUT2D eigenvalue weighted by atomic mass is 31.2. The van der Waals surface area contributed by atoms with Crippen molar-refractivity contribution in [1.29, 1.82) is 5.26 Å². The lowest BCUT2D eigenvalue weighted by atomic mass is 10.2. The Morgan fingerprint density at radius 3 is 2.32 bits per heavy atom. The second-order valence-corrected chi connectivity index (χ2v) is 12.2. The zero-order chi connectivity index (χ0) is 28.9. The number of carbonyl (C=O) groups excluding carboxylic acids is 2. The average molecular weight is 583 g/mol. The molecular formula is C22H40N4O10P2. The first kappa shape index (κ1) is 34.5. The molecule has 1 aliphatic heterocycles. The molecule has 218 valence electrons. The summed E-state index contributed by atoms with van der Waals surface area (Å²) >= 11 is 0. The van der Waals surface area contributed by atoms with Gasteiger partial charge in [-0.15, -0.1) is 0 Å². The number of nitrogens with one attached hydrogen (secondary N) is 1. The first-order valence-corrected chi connectivity index (χ1v) is 14.7. The summed E-state index contributed by atoms with van der Waals surface area (Å²) < 4.78 is 54.8. The summed E-state index contributed by atoms with van der Waals surface area (Å²) in [5, 5.41) is 11.0. The van der Waals surface area contributed by atoms with E-state index >= 15 is 0 Å². The van der Waals surface area contributed by atoms with Crippen molar-refractivity contribution in [3.05, 3.63) is 12.3 Å². The number of ether oxygens (including phenoxy) is 3. The predicted octanol–water partition coefficient (Wildman–Crippen LogP) is 2.52. The number of imide groups is 1. The molecule has 1 N–H and O–H groups in total. The SMILES string of the molecule is COC1C(OP(OCCC#N)N(C(C)C)C(C)C)C(OCP(=O)(OC)OC)OC1N(C)/C=C\C(=O)NC=O. The van der Waals surface area contributed by atoms with Gasteiger partial charge in [-0.05, 0) is 27.7 Å². The molecule has 1 saturated heterocycles. The van der Waals surface area contributed by atoms with Crippen LogP contribution in [0.2, 0.25) is 0 Å². The van der Waals surface area contributed by atoms with Crippen LogP contribution in [0.3, 0.4) is 0 Å². The minimum Gasteiger partial charge on any atom is -0.374 e. The van der Waals surface area contributed by atoms with Crippen molar-refractivity contribution >= 4 is 28.4 Å². The van der Waals surface area contributed by atoms with Crippen LogP contribution >= 0.6 is 16.1 Å². The molecule has 0 bridgehead atoms. The van der Waals surface area contributed by atoms with Gasteiger partial charge in [0.1, 0.15) is 12.2 Å². The van der Waals surface area contributed by atoms with E-state index in [0.717, 1.165) is 6.08 Å². The van der Waals surface area contributed by atoms with Gasteiger partial charge in [0.05, 0.1) is 19.1 Å². The molecule has 16 heteroatoms. The highest BCUT2D eigenvalue weighted by Gasteiger charge is 2.51. The highest BCUT2D eigenvalue weighted by Crippen LogP contribution is 2.51. The molecule has 0 aromatic carbocycles. The second-order valence-electron chi connectivity index (χ2n) is 8.59. The summed E-state index contributed by atoms with van der Waals surface area (Å²) in [4.78, 5) is 23.8. The number of nitrogens with zero attached hydrogens (tertiary/aromatic N) is 3. The van der Waals surface area contributed by atoms with Crippen LogP contribution in [0.25, 0.3) is 0 Å². The van der Waals surface area contributed by atoms with Crippen molar-refractivity contribution in [2.75, 3.05) is 41.3 Å². The average Bonchev–Trinajstić information content (AvgIpc) is 3.22. The van der Waals surface area contributed by atoms with Gasteiger partial charge < -0.3 is 37.2 Å². The van der Waals surface area contributed by atoms with Crippen molar-refractivity contribution in [3.8, 4) is 6.07 Å². The quantitative estimate of drug-likeness (QED) is 0.109. The molecule has 1 heterocycles. The summed E-state index contributed by atoms with van der Waals surface area (Å²) in [6, 6.07) is 2.12. The number of hydrogen-bond donors (Lipinski definition) is 1. The number of amides is 2. The van der Waals surface area contributed by atoms with Crippen LogP contribution in [0.15, 0.2) is 12.3 Å². The van der Waals surface area contributed by atoms with Crippen LogP contribution in [0.5, 0.6) is 0 Å². The lowest BCUT2D eigenvalue weighted by molar-refractivity contribution is -0.170. The minimum atomic E-state index is -3.56. The zero-order valence-corrected chi connectivity index (χ0v) is 24.9. The number of methoxy groups -OCH3 is 1. The van der Waals surface area contributed by atoms with E-state index in [4.69, 9.17) is 37.6 Å². The summed E-state index contributed by atoms with van der Waals surface area (Å²) in [6.45, 7) is 8.14. The lowest BCUT2D eigenvalue weighted by Gasteiger charge is -2.38.